The molecule has 0 unspecified atom stereocenters. The summed E-state index contributed by atoms with van der Waals surface area (Å²) in [5, 5.41) is 37.8. The fraction of sp³-hybridized carbons (Fsp3) is 0.241. The Hall–Kier alpha value is -3.99. The van der Waals surface area contributed by atoms with E-state index in [1.807, 2.05) is 0 Å². The van der Waals surface area contributed by atoms with Gasteiger partial charge in [0.2, 0.25) is 0 Å². The van der Waals surface area contributed by atoms with E-state index in [1.165, 1.54) is 51.1 Å². The van der Waals surface area contributed by atoms with E-state index >= 15 is 0 Å². The number of carboxylic acid groups (broad SMARTS) is 1. The number of rotatable bonds is 9. The zero-order valence-electron chi connectivity index (χ0n) is 26.1. The van der Waals surface area contributed by atoms with Gasteiger partial charge in [-0.25, -0.2) is 0 Å². The third kappa shape index (κ3) is 25.7. The number of nitrogen functional groups attached to an aromatic ring is 1. The van der Waals surface area contributed by atoms with E-state index in [1.54, 1.807) is 18.2 Å². The van der Waals surface area contributed by atoms with Crippen molar-refractivity contribution in [2.75, 3.05) is 24.3 Å². The van der Waals surface area contributed by atoms with E-state index in [9.17, 15) is 34.6 Å². The van der Waals surface area contributed by atoms with Crippen molar-refractivity contribution in [2.45, 2.75) is 27.7 Å². The number of benzene rings is 3. The van der Waals surface area contributed by atoms with Crippen LogP contribution in [0, 0.1) is 20.2 Å². The number of hydrogen-bond donors (Lipinski definition) is 3. The van der Waals surface area contributed by atoms with Crippen molar-refractivity contribution in [3.05, 3.63) is 89.9 Å². The number of carbonyl (C=O) groups excluding carboxylic acids is 3. The largest absolute Gasteiger partial charge is 0.506 e. The van der Waals surface area contributed by atoms with Crippen LogP contribution in [0.4, 0.5) is 17.1 Å². The summed E-state index contributed by atoms with van der Waals surface area (Å²) in [6, 6.07) is 12.2. The number of aromatic hydroxyl groups is 1. The zero-order valence-corrected chi connectivity index (χ0v) is 31.1. The number of nitro benzene ring substituents is 2. The van der Waals surface area contributed by atoms with Gasteiger partial charge in [-0.1, -0.05) is 50.7 Å². The minimum absolute atomic E-state index is 0. The summed E-state index contributed by atoms with van der Waals surface area (Å²) in [4.78, 5) is 59.4. The molecule has 15 nitrogen and oxygen atoms in total. The first-order valence-electron chi connectivity index (χ1n) is 12.8. The van der Waals surface area contributed by atoms with Crippen molar-refractivity contribution in [1.82, 2.24) is 0 Å². The van der Waals surface area contributed by atoms with Crippen LogP contribution in [0.1, 0.15) is 27.7 Å². The number of anilines is 1. The number of ketones is 3. The first kappa shape index (κ1) is 49.4. The Bertz CT molecular complexity index is 1580. The number of Topliss-reactive ketones (excluding diaryl/α,β-unsaturated/α-hetero) is 3. The quantitative estimate of drug-likeness (QED) is 0.0640. The third-order valence-corrected chi connectivity index (χ3v) is 5.96. The number of nitrogens with zero attached hydrogens (tertiary/aromatic N) is 2. The van der Waals surface area contributed by atoms with Crippen LogP contribution in [0.15, 0.2) is 54.6 Å². The van der Waals surface area contributed by atoms with Crippen molar-refractivity contribution < 1.29 is 65.8 Å². The van der Waals surface area contributed by atoms with Crippen LogP contribution >= 0.6 is 50.7 Å². The molecule has 20 heteroatoms. The fourth-order valence-corrected chi connectivity index (χ4v) is 2.97. The number of non-ortho nitro benzene ring substituents is 2. The first-order valence-corrected chi connectivity index (χ1v) is 15.1. The van der Waals surface area contributed by atoms with E-state index in [0.717, 1.165) is 13.0 Å². The Morgan fingerprint density at radius 3 is 1.39 bits per heavy atom. The molecule has 4 N–H and O–H groups in total. The molecule has 0 aliphatic rings. The molecular formula is C29H31BrCl3FeN3O12. The van der Waals surface area contributed by atoms with Crippen LogP contribution in [0.5, 0.6) is 17.2 Å². The summed E-state index contributed by atoms with van der Waals surface area (Å²) in [7, 11) is 0. The minimum Gasteiger partial charge on any atom is -0.506 e. The summed E-state index contributed by atoms with van der Waals surface area (Å²) in [5.74, 6) is -0.275. The average Bonchev–Trinajstić information content (AvgIpc) is 2.97. The second kappa shape index (κ2) is 26.9. The standard InChI is InChI=1S/C9H8ClNO4.C9H10ClNO2.C6H4ClNO3.C3H5BrO.C2H4O2.Fe/c1-6(12)5-15-9-3-2-7(11(13)14)4-8(9)10;1-6(12)5-13-9-3-2-7(11)4-8(9)10;7-5-3-4(8(10)11)1-2-6(5)9;1-3(5)2-4;1-2(3)4;/h2-4H,5H2,1H3;2-4H,5,11H2,1H3;1-3,9H;2H2,1H3;1H3,(H,3,4);. The van der Waals surface area contributed by atoms with Crippen molar-refractivity contribution >= 4 is 91.1 Å². The summed E-state index contributed by atoms with van der Waals surface area (Å²) in [5.41, 5.74) is 5.80. The summed E-state index contributed by atoms with van der Waals surface area (Å²) >= 11 is 19.9. The van der Waals surface area contributed by atoms with Gasteiger partial charge in [-0.3, -0.25) is 39.4 Å². The van der Waals surface area contributed by atoms with Crippen molar-refractivity contribution in [3.63, 3.8) is 0 Å². The van der Waals surface area contributed by atoms with E-state index in [4.69, 9.17) is 65.0 Å². The van der Waals surface area contributed by atoms with Gasteiger partial charge in [0, 0.05) is 53.9 Å². The summed E-state index contributed by atoms with van der Waals surface area (Å²) < 4.78 is 10.1. The predicted molar refractivity (Wildman–Crippen MR) is 184 cm³/mol. The molecule has 3 aromatic rings. The zero-order chi connectivity index (χ0) is 37.6. The molecule has 3 rings (SSSR count). The van der Waals surface area contributed by atoms with Gasteiger partial charge in [0.15, 0.2) is 11.6 Å². The van der Waals surface area contributed by atoms with Crippen LogP contribution in [0.25, 0.3) is 0 Å². The second-order valence-electron chi connectivity index (χ2n) is 8.79. The Kier molecular flexibility index (Phi) is 27.1. The molecule has 0 atom stereocenters. The molecule has 0 fully saturated rings. The van der Waals surface area contributed by atoms with Crippen molar-refractivity contribution in [1.29, 1.82) is 0 Å². The topological polar surface area (TPSA) is 239 Å². The Labute approximate surface area is 314 Å². The molecule has 270 valence electrons. The number of phenols is 1. The number of hydrogen-bond acceptors (Lipinski definition) is 12. The molecule has 0 heterocycles. The SMILES string of the molecule is CC(=O)CBr.CC(=O)COc1ccc(N)cc1Cl.CC(=O)COc1ccc([N+](=O)[O-])cc1Cl.CC(=O)O.O=[N+]([O-])c1ccc(O)c(Cl)c1.[Fe]. The Morgan fingerprint density at radius 1 is 0.735 bits per heavy atom. The van der Waals surface area contributed by atoms with Crippen molar-refractivity contribution in [2.24, 2.45) is 0 Å². The molecule has 0 saturated heterocycles. The van der Waals surface area contributed by atoms with E-state index in [-0.39, 0.29) is 80.6 Å². The molecule has 49 heavy (non-hydrogen) atoms. The molecule has 0 radical (unpaired) electrons. The van der Waals surface area contributed by atoms with Crippen LogP contribution in [-0.2, 0) is 36.2 Å². The van der Waals surface area contributed by atoms with Crippen molar-refractivity contribution in [3.8, 4) is 17.2 Å². The van der Waals surface area contributed by atoms with Crippen LogP contribution in [0.2, 0.25) is 15.1 Å². The molecule has 0 aromatic heterocycles. The van der Waals surface area contributed by atoms with Crippen LogP contribution in [-0.4, -0.2) is 61.9 Å². The minimum atomic E-state index is -0.833. The number of nitro groups is 2. The maximum absolute atomic E-state index is 10.6. The van der Waals surface area contributed by atoms with Gasteiger partial charge in [-0.15, -0.1) is 0 Å². The number of carboxylic acids is 1. The smallest absolute Gasteiger partial charge is 0.300 e. The molecule has 0 bridgehead atoms. The number of aliphatic carboxylic acids is 1. The molecule has 3 aromatic carbocycles. The monoisotopic (exact) mass is 853 g/mol. The molecule has 0 spiro atoms. The van der Waals surface area contributed by atoms with Gasteiger partial charge in [-0.05, 0) is 51.1 Å². The Morgan fingerprint density at radius 2 is 1.08 bits per heavy atom. The van der Waals surface area contributed by atoms with Crippen LogP contribution < -0.4 is 15.2 Å². The fourth-order valence-electron chi connectivity index (χ4n) is 2.32. The van der Waals surface area contributed by atoms with E-state index in [2.05, 4.69) is 15.9 Å². The normalized spacial score (nSPS) is 8.98. The molecular weight excluding hydrogens is 824 g/mol. The number of alkyl halides is 1. The maximum atomic E-state index is 10.6. The summed E-state index contributed by atoms with van der Waals surface area (Å²) in [6.45, 7) is 5.38. The van der Waals surface area contributed by atoms with Gasteiger partial charge < -0.3 is 25.4 Å². The maximum Gasteiger partial charge on any atom is 0.300 e. The van der Waals surface area contributed by atoms with Gasteiger partial charge >= 0.3 is 0 Å². The first-order chi connectivity index (χ1) is 22.2. The number of nitrogens with two attached hydrogens (primary N) is 1. The molecule has 0 aliphatic carbocycles. The summed E-state index contributed by atoms with van der Waals surface area (Å²) in [6.07, 6.45) is 0. The number of phenolic OH excluding ortho intramolecular Hbond substituents is 1. The van der Waals surface area contributed by atoms with Gasteiger partial charge in [0.1, 0.15) is 36.2 Å². The Balaban J connectivity index is -0.000000575. The van der Waals surface area contributed by atoms with E-state index < -0.39 is 15.8 Å². The second-order valence-corrected chi connectivity index (χ2v) is 10.6. The molecule has 0 amide bonds. The predicted octanol–water partition coefficient (Wildman–Crippen LogP) is 7.12. The van der Waals surface area contributed by atoms with Gasteiger partial charge in [0.05, 0.1) is 30.2 Å². The number of halogens is 4. The molecule has 0 saturated carbocycles. The average molecular weight is 856 g/mol. The number of carbonyl (C=O) groups is 4. The van der Waals surface area contributed by atoms with Gasteiger partial charge in [0.25, 0.3) is 17.3 Å². The number of ether oxygens (including phenoxy) is 2. The van der Waals surface area contributed by atoms with Crippen LogP contribution in [0.3, 0.4) is 0 Å². The van der Waals surface area contributed by atoms with E-state index in [0.29, 0.717) is 21.8 Å². The van der Waals surface area contributed by atoms with Gasteiger partial charge in [-0.2, -0.15) is 0 Å². The third-order valence-electron chi connectivity index (χ3n) is 4.27. The molecule has 0 aliphatic heterocycles.